The Kier molecular flexibility index (Phi) is 3.39. The third kappa shape index (κ3) is 2.44. The van der Waals surface area contributed by atoms with E-state index in [2.05, 4.69) is 34.5 Å². The molecule has 0 atom stereocenters. The summed E-state index contributed by atoms with van der Waals surface area (Å²) >= 11 is 0. The topological polar surface area (TPSA) is 50.5 Å². The lowest BCUT2D eigenvalue weighted by Crippen LogP contribution is -2.45. The van der Waals surface area contributed by atoms with Crippen molar-refractivity contribution in [3.63, 3.8) is 0 Å². The summed E-state index contributed by atoms with van der Waals surface area (Å²) < 4.78 is 5.41. The molecule has 0 radical (unpaired) electrons. The highest BCUT2D eigenvalue weighted by molar-refractivity contribution is 5.70. The number of nitrogens with two attached hydrogens (primary N) is 1. The van der Waals surface area contributed by atoms with Gasteiger partial charge in [-0.1, -0.05) is 12.1 Å². The van der Waals surface area contributed by atoms with E-state index in [1.807, 2.05) is 0 Å². The molecule has 4 nitrogen and oxygen atoms in total. The van der Waals surface area contributed by atoms with Gasteiger partial charge in [0, 0.05) is 25.2 Å². The summed E-state index contributed by atoms with van der Waals surface area (Å²) in [6.45, 7) is 3.59. The van der Waals surface area contributed by atoms with E-state index in [9.17, 15) is 0 Å². The van der Waals surface area contributed by atoms with Gasteiger partial charge in [0.1, 0.15) is 0 Å². The lowest BCUT2D eigenvalue weighted by atomic mass is 9.87. The molecule has 1 aromatic rings. The van der Waals surface area contributed by atoms with Crippen LogP contribution in [0.2, 0.25) is 0 Å². The molecule has 2 aliphatic rings. The van der Waals surface area contributed by atoms with Gasteiger partial charge in [0.2, 0.25) is 0 Å². The van der Waals surface area contributed by atoms with Gasteiger partial charge in [0.05, 0.1) is 24.6 Å². The van der Waals surface area contributed by atoms with E-state index in [-0.39, 0.29) is 0 Å². The van der Waals surface area contributed by atoms with E-state index >= 15 is 0 Å². The van der Waals surface area contributed by atoms with Gasteiger partial charge in [-0.05, 0) is 25.0 Å². The molecular formula is C14H21N3O. The first-order valence-corrected chi connectivity index (χ1v) is 6.77. The zero-order valence-corrected chi connectivity index (χ0v) is 10.6. The number of hydrogen-bond donors (Lipinski definition) is 2. The van der Waals surface area contributed by atoms with E-state index in [0.717, 1.165) is 39.1 Å². The van der Waals surface area contributed by atoms with E-state index in [1.165, 1.54) is 11.4 Å². The Morgan fingerprint density at radius 2 is 1.89 bits per heavy atom. The summed E-state index contributed by atoms with van der Waals surface area (Å²) in [5.74, 6) is 0. The van der Waals surface area contributed by atoms with Gasteiger partial charge in [0.15, 0.2) is 0 Å². The smallest absolute Gasteiger partial charge is 0.0642 e. The molecule has 0 aromatic heterocycles. The van der Waals surface area contributed by atoms with Crippen LogP contribution in [0.25, 0.3) is 0 Å². The van der Waals surface area contributed by atoms with Crippen molar-refractivity contribution in [1.29, 1.82) is 0 Å². The van der Waals surface area contributed by atoms with Crippen LogP contribution in [-0.2, 0) is 4.74 Å². The van der Waals surface area contributed by atoms with Crippen LogP contribution < -0.4 is 16.0 Å². The molecule has 1 aromatic carbocycles. The Balaban J connectivity index is 1.72. The Morgan fingerprint density at radius 3 is 2.61 bits per heavy atom. The minimum absolute atomic E-state index is 0.387. The van der Waals surface area contributed by atoms with Gasteiger partial charge < -0.3 is 20.7 Å². The fourth-order valence-corrected chi connectivity index (χ4v) is 2.68. The Bertz CT molecular complexity index is 398. The largest absolute Gasteiger partial charge is 0.381 e. The summed E-state index contributed by atoms with van der Waals surface area (Å²) in [6.07, 6.45) is 2.16. The quantitative estimate of drug-likeness (QED) is 0.848. The van der Waals surface area contributed by atoms with Crippen molar-refractivity contribution in [3.8, 4) is 0 Å². The molecule has 18 heavy (non-hydrogen) atoms. The van der Waals surface area contributed by atoms with Gasteiger partial charge in [-0.15, -0.1) is 0 Å². The molecule has 1 saturated heterocycles. The zero-order chi connectivity index (χ0) is 12.4. The second-order valence-corrected chi connectivity index (χ2v) is 5.19. The third-order valence-corrected chi connectivity index (χ3v) is 3.79. The van der Waals surface area contributed by atoms with Crippen LogP contribution in [0, 0.1) is 0 Å². The van der Waals surface area contributed by atoms with Gasteiger partial charge >= 0.3 is 0 Å². The van der Waals surface area contributed by atoms with Crippen molar-refractivity contribution in [3.05, 3.63) is 24.3 Å². The second-order valence-electron chi connectivity index (χ2n) is 5.19. The normalized spacial score (nSPS) is 27.7. The monoisotopic (exact) mass is 247 g/mol. The first kappa shape index (κ1) is 11.8. The highest BCUT2D eigenvalue weighted by Crippen LogP contribution is 2.30. The van der Waals surface area contributed by atoms with Crippen molar-refractivity contribution in [2.75, 3.05) is 36.5 Å². The lowest BCUT2D eigenvalue weighted by Gasteiger charge is -2.36. The number of nitrogens with zero attached hydrogens (tertiary/aromatic N) is 1. The Morgan fingerprint density at radius 1 is 1.17 bits per heavy atom. The van der Waals surface area contributed by atoms with Crippen molar-refractivity contribution in [1.82, 2.24) is 0 Å². The SMILES string of the molecule is NC1CC(Nc2ccccc2N2CCOCC2)C1. The fraction of sp³-hybridized carbons (Fsp3) is 0.571. The first-order valence-electron chi connectivity index (χ1n) is 6.77. The van der Waals surface area contributed by atoms with Crippen LogP contribution in [0.5, 0.6) is 0 Å². The summed E-state index contributed by atoms with van der Waals surface area (Å²) in [4.78, 5) is 2.39. The zero-order valence-electron chi connectivity index (χ0n) is 10.6. The number of hydrogen-bond acceptors (Lipinski definition) is 4. The molecule has 3 N–H and O–H groups in total. The van der Waals surface area contributed by atoms with Gasteiger partial charge in [-0.2, -0.15) is 0 Å². The predicted octanol–water partition coefficient (Wildman–Crippen LogP) is 1.42. The Labute approximate surface area is 108 Å². The third-order valence-electron chi connectivity index (χ3n) is 3.79. The lowest BCUT2D eigenvalue weighted by molar-refractivity contribution is 0.123. The molecule has 1 saturated carbocycles. The van der Waals surface area contributed by atoms with Gasteiger partial charge in [-0.25, -0.2) is 0 Å². The molecular weight excluding hydrogens is 226 g/mol. The first-order chi connectivity index (χ1) is 8.83. The number of benzene rings is 1. The highest BCUT2D eigenvalue weighted by atomic mass is 16.5. The van der Waals surface area contributed by atoms with E-state index in [0.29, 0.717) is 12.1 Å². The number of rotatable bonds is 3. The Hall–Kier alpha value is -1.26. The molecule has 0 bridgehead atoms. The van der Waals surface area contributed by atoms with Crippen LogP contribution >= 0.6 is 0 Å². The molecule has 4 heteroatoms. The molecule has 1 heterocycles. The average Bonchev–Trinajstić information content (AvgIpc) is 2.39. The minimum Gasteiger partial charge on any atom is -0.381 e. The molecule has 1 aliphatic heterocycles. The van der Waals surface area contributed by atoms with Crippen LogP contribution in [0.4, 0.5) is 11.4 Å². The molecule has 0 spiro atoms. The number of morpholine rings is 1. The maximum absolute atomic E-state index is 5.84. The second kappa shape index (κ2) is 5.16. The van der Waals surface area contributed by atoms with E-state index < -0.39 is 0 Å². The van der Waals surface area contributed by atoms with Crippen molar-refractivity contribution < 1.29 is 4.74 Å². The van der Waals surface area contributed by atoms with E-state index in [1.54, 1.807) is 0 Å². The number of anilines is 2. The number of nitrogens with one attached hydrogen (secondary N) is 1. The van der Waals surface area contributed by atoms with Crippen LogP contribution in [-0.4, -0.2) is 38.4 Å². The van der Waals surface area contributed by atoms with Gasteiger partial charge in [0.25, 0.3) is 0 Å². The minimum atomic E-state index is 0.387. The summed E-state index contributed by atoms with van der Waals surface area (Å²) in [5.41, 5.74) is 8.36. The van der Waals surface area contributed by atoms with Crippen LogP contribution in [0.1, 0.15) is 12.8 Å². The van der Waals surface area contributed by atoms with Crippen molar-refractivity contribution in [2.45, 2.75) is 24.9 Å². The highest BCUT2D eigenvalue weighted by Gasteiger charge is 2.26. The summed E-state index contributed by atoms with van der Waals surface area (Å²) in [7, 11) is 0. The number of ether oxygens (including phenoxy) is 1. The van der Waals surface area contributed by atoms with E-state index in [4.69, 9.17) is 10.5 Å². The fourth-order valence-electron chi connectivity index (χ4n) is 2.68. The maximum atomic E-state index is 5.84. The predicted molar refractivity (Wildman–Crippen MR) is 74.1 cm³/mol. The molecule has 98 valence electrons. The number of para-hydroxylation sites is 2. The molecule has 0 amide bonds. The van der Waals surface area contributed by atoms with Crippen LogP contribution in [0.15, 0.2) is 24.3 Å². The average molecular weight is 247 g/mol. The molecule has 2 fully saturated rings. The molecule has 3 rings (SSSR count). The summed E-state index contributed by atoms with van der Waals surface area (Å²) in [6, 6.07) is 9.47. The van der Waals surface area contributed by atoms with Gasteiger partial charge in [-0.3, -0.25) is 0 Å². The van der Waals surface area contributed by atoms with Crippen molar-refractivity contribution >= 4 is 11.4 Å². The maximum Gasteiger partial charge on any atom is 0.0642 e. The van der Waals surface area contributed by atoms with Crippen LogP contribution in [0.3, 0.4) is 0 Å². The summed E-state index contributed by atoms with van der Waals surface area (Å²) in [5, 5.41) is 3.61. The standard InChI is InChI=1S/C14H21N3O/c15-11-9-12(10-11)16-13-3-1-2-4-14(13)17-5-7-18-8-6-17/h1-4,11-12,16H,5-10,15H2. The molecule has 1 aliphatic carbocycles. The molecule has 0 unspecified atom stereocenters. The van der Waals surface area contributed by atoms with Crippen molar-refractivity contribution in [2.24, 2.45) is 5.73 Å².